The minimum Gasteiger partial charge on any atom is -0.338 e. The van der Waals surface area contributed by atoms with Crippen molar-refractivity contribution in [2.24, 2.45) is 5.92 Å². The Bertz CT molecular complexity index is 546. The van der Waals surface area contributed by atoms with Crippen molar-refractivity contribution < 1.29 is 13.2 Å². The summed E-state index contributed by atoms with van der Waals surface area (Å²) < 4.78 is 23.9. The second-order valence-electron chi connectivity index (χ2n) is 7.53. The number of hydrogen-bond donors (Lipinski definition) is 1. The molecule has 0 radical (unpaired) electrons. The van der Waals surface area contributed by atoms with E-state index < -0.39 is 15.1 Å². The Morgan fingerprint density at radius 2 is 1.72 bits per heavy atom. The van der Waals surface area contributed by atoms with Crippen molar-refractivity contribution in [2.45, 2.75) is 39.0 Å². The Labute approximate surface area is 152 Å². The molecule has 146 valence electrons. The number of piperazine rings is 1. The first-order valence-electron chi connectivity index (χ1n) is 9.45. The van der Waals surface area contributed by atoms with Gasteiger partial charge in [-0.2, -0.15) is 0 Å². The Morgan fingerprint density at radius 1 is 1.12 bits per heavy atom. The van der Waals surface area contributed by atoms with Crippen LogP contribution in [0.15, 0.2) is 0 Å². The first-order chi connectivity index (χ1) is 11.7. The molecule has 1 N–H and O–H groups in total. The zero-order valence-electron chi connectivity index (χ0n) is 16.1. The van der Waals surface area contributed by atoms with Crippen molar-refractivity contribution in [1.29, 1.82) is 0 Å². The molecule has 8 heteroatoms. The van der Waals surface area contributed by atoms with E-state index in [1.165, 1.54) is 0 Å². The minimum atomic E-state index is -3.07. The highest BCUT2D eigenvalue weighted by Crippen LogP contribution is 2.19. The number of sulfone groups is 1. The van der Waals surface area contributed by atoms with Crippen molar-refractivity contribution in [3.63, 3.8) is 0 Å². The van der Waals surface area contributed by atoms with Gasteiger partial charge in [0.15, 0.2) is 9.84 Å². The van der Waals surface area contributed by atoms with Gasteiger partial charge in [0.25, 0.3) is 0 Å². The second-order valence-corrected chi connectivity index (χ2v) is 10.0. The SMILES string of the molecule is CCN1CCN(CC(C)CNC(=O)N2CCS(=O)(=O)C(C)C2C)CC1. The van der Waals surface area contributed by atoms with E-state index in [4.69, 9.17) is 0 Å². The molecule has 3 unspecified atom stereocenters. The van der Waals surface area contributed by atoms with Gasteiger partial charge in [0, 0.05) is 51.9 Å². The topological polar surface area (TPSA) is 73.0 Å². The number of likely N-dealkylation sites (N-methyl/N-ethyl adjacent to an activating group) is 1. The number of amides is 2. The van der Waals surface area contributed by atoms with Gasteiger partial charge in [0.05, 0.1) is 11.0 Å². The molecule has 2 amide bonds. The zero-order chi connectivity index (χ0) is 18.6. The van der Waals surface area contributed by atoms with E-state index in [9.17, 15) is 13.2 Å². The van der Waals surface area contributed by atoms with Crippen LogP contribution in [0.1, 0.15) is 27.7 Å². The molecule has 0 bridgehead atoms. The summed E-state index contributed by atoms with van der Waals surface area (Å²) >= 11 is 0. The van der Waals surface area contributed by atoms with Crippen molar-refractivity contribution in [3.05, 3.63) is 0 Å². The summed E-state index contributed by atoms with van der Waals surface area (Å²) in [6, 6.07) is -0.423. The lowest BCUT2D eigenvalue weighted by Gasteiger charge is -2.38. The van der Waals surface area contributed by atoms with Crippen LogP contribution in [-0.2, 0) is 9.84 Å². The quantitative estimate of drug-likeness (QED) is 0.758. The van der Waals surface area contributed by atoms with E-state index in [2.05, 4.69) is 29.0 Å². The Kier molecular flexibility index (Phi) is 7.10. The van der Waals surface area contributed by atoms with E-state index in [0.717, 1.165) is 39.3 Å². The summed E-state index contributed by atoms with van der Waals surface area (Å²) in [5.74, 6) is 0.432. The highest BCUT2D eigenvalue weighted by atomic mass is 32.2. The van der Waals surface area contributed by atoms with Crippen LogP contribution in [0, 0.1) is 5.92 Å². The number of hydrogen-bond acceptors (Lipinski definition) is 5. The van der Waals surface area contributed by atoms with Gasteiger partial charge in [-0.05, 0) is 26.3 Å². The van der Waals surface area contributed by atoms with Gasteiger partial charge in [-0.25, -0.2) is 13.2 Å². The summed E-state index contributed by atoms with van der Waals surface area (Å²) in [7, 11) is -3.07. The predicted octanol–water partition coefficient (Wildman–Crippen LogP) is 0.477. The van der Waals surface area contributed by atoms with Crippen LogP contribution >= 0.6 is 0 Å². The summed E-state index contributed by atoms with van der Waals surface area (Å²) in [5.41, 5.74) is 0. The molecule has 2 heterocycles. The van der Waals surface area contributed by atoms with E-state index in [1.54, 1.807) is 11.8 Å². The molecule has 2 fully saturated rings. The highest BCUT2D eigenvalue weighted by Gasteiger charge is 2.38. The van der Waals surface area contributed by atoms with Crippen LogP contribution in [0.25, 0.3) is 0 Å². The lowest BCUT2D eigenvalue weighted by atomic mass is 10.1. The molecule has 2 aliphatic rings. The summed E-state index contributed by atoms with van der Waals surface area (Å²) in [5, 5.41) is 2.49. The molecule has 0 aliphatic carbocycles. The molecule has 0 aromatic carbocycles. The number of nitrogens with zero attached hydrogens (tertiary/aromatic N) is 3. The van der Waals surface area contributed by atoms with Gasteiger partial charge in [0.1, 0.15) is 0 Å². The lowest BCUT2D eigenvalue weighted by molar-refractivity contribution is 0.123. The van der Waals surface area contributed by atoms with Crippen molar-refractivity contribution >= 4 is 15.9 Å². The molecular weight excluding hydrogens is 340 g/mol. The molecule has 2 aliphatic heterocycles. The molecule has 0 saturated carbocycles. The van der Waals surface area contributed by atoms with Crippen LogP contribution in [0.4, 0.5) is 4.79 Å². The molecular formula is C17H34N4O3S. The van der Waals surface area contributed by atoms with Crippen molar-refractivity contribution in [2.75, 3.05) is 58.1 Å². The van der Waals surface area contributed by atoms with Gasteiger partial charge in [-0.1, -0.05) is 13.8 Å². The fourth-order valence-corrected chi connectivity index (χ4v) is 5.18. The smallest absolute Gasteiger partial charge is 0.317 e. The number of carbonyl (C=O) groups excluding carboxylic acids is 1. The third-order valence-corrected chi connectivity index (χ3v) is 7.98. The minimum absolute atomic E-state index is 0.0587. The fraction of sp³-hybridized carbons (Fsp3) is 0.941. The van der Waals surface area contributed by atoms with Crippen LogP contribution in [0.5, 0.6) is 0 Å². The summed E-state index contributed by atoms with van der Waals surface area (Å²) in [4.78, 5) is 19.0. The lowest BCUT2D eigenvalue weighted by Crippen LogP contribution is -2.57. The van der Waals surface area contributed by atoms with Crippen molar-refractivity contribution in [1.82, 2.24) is 20.0 Å². The number of nitrogens with one attached hydrogen (secondary N) is 1. The van der Waals surface area contributed by atoms with Crippen LogP contribution in [0.3, 0.4) is 0 Å². The van der Waals surface area contributed by atoms with Gasteiger partial charge in [0.2, 0.25) is 0 Å². The second kappa shape index (κ2) is 8.68. The molecule has 0 aromatic rings. The summed E-state index contributed by atoms with van der Waals surface area (Å²) in [6.07, 6.45) is 0. The van der Waals surface area contributed by atoms with Crippen LogP contribution < -0.4 is 5.32 Å². The molecule has 0 spiro atoms. The molecule has 2 saturated heterocycles. The van der Waals surface area contributed by atoms with Crippen LogP contribution in [0.2, 0.25) is 0 Å². The average Bonchev–Trinajstić information content (AvgIpc) is 2.58. The average molecular weight is 375 g/mol. The Hall–Kier alpha value is -0.860. The van der Waals surface area contributed by atoms with Crippen LogP contribution in [-0.4, -0.2) is 98.6 Å². The third kappa shape index (κ3) is 5.31. The predicted molar refractivity (Wildman–Crippen MR) is 101 cm³/mol. The fourth-order valence-electron chi connectivity index (χ4n) is 3.61. The van der Waals surface area contributed by atoms with Crippen molar-refractivity contribution in [3.8, 4) is 0 Å². The Balaban J connectivity index is 1.74. The van der Waals surface area contributed by atoms with Gasteiger partial charge < -0.3 is 20.0 Å². The molecule has 7 nitrogen and oxygen atoms in total. The van der Waals surface area contributed by atoms with Gasteiger partial charge in [-0.3, -0.25) is 0 Å². The van der Waals surface area contributed by atoms with E-state index >= 15 is 0 Å². The van der Waals surface area contributed by atoms with E-state index in [-0.39, 0.29) is 24.4 Å². The first kappa shape index (κ1) is 20.5. The number of carbonyl (C=O) groups is 1. The maximum absolute atomic E-state index is 12.4. The maximum atomic E-state index is 12.4. The standard InChI is InChI=1S/C17H34N4O3S/c1-5-19-6-8-20(9-7-19)13-14(2)12-18-17(22)21-10-11-25(23,24)16(4)15(21)3/h14-16H,5-13H2,1-4H3,(H,18,22). The molecule has 3 atom stereocenters. The number of urea groups is 1. The van der Waals surface area contributed by atoms with E-state index in [1.807, 2.05) is 6.92 Å². The molecule has 0 aromatic heterocycles. The normalized spacial score (nSPS) is 29.4. The van der Waals surface area contributed by atoms with Gasteiger partial charge in [-0.15, -0.1) is 0 Å². The first-order valence-corrected chi connectivity index (χ1v) is 11.2. The number of rotatable bonds is 5. The largest absolute Gasteiger partial charge is 0.338 e. The highest BCUT2D eigenvalue weighted by molar-refractivity contribution is 7.92. The Morgan fingerprint density at radius 3 is 2.32 bits per heavy atom. The monoisotopic (exact) mass is 374 g/mol. The summed E-state index contributed by atoms with van der Waals surface area (Å²) in [6.45, 7) is 15.3. The third-order valence-electron chi connectivity index (χ3n) is 5.70. The zero-order valence-corrected chi connectivity index (χ0v) is 16.9. The maximum Gasteiger partial charge on any atom is 0.317 e. The molecule has 25 heavy (non-hydrogen) atoms. The molecule has 2 rings (SSSR count). The van der Waals surface area contributed by atoms with Gasteiger partial charge >= 0.3 is 6.03 Å². The van der Waals surface area contributed by atoms with E-state index in [0.29, 0.717) is 12.5 Å².